The molecule has 1 aliphatic carbocycles. The smallest absolute Gasteiger partial charge is 0.213 e. The van der Waals surface area contributed by atoms with Crippen LogP contribution in [0.5, 0.6) is 0 Å². The SMILES string of the molecule is O=C1c2ccccc2C(=O)c2sc(Nc3ccc(Cl)cc3Cl)nc21. The van der Waals surface area contributed by atoms with Crippen molar-refractivity contribution in [3.05, 3.63) is 74.2 Å². The van der Waals surface area contributed by atoms with Gasteiger partial charge in [0.25, 0.3) is 0 Å². The number of benzene rings is 2. The second-order valence-corrected chi connectivity index (χ2v) is 6.99. The van der Waals surface area contributed by atoms with E-state index < -0.39 is 0 Å². The third-order valence-electron chi connectivity index (χ3n) is 3.64. The topological polar surface area (TPSA) is 59.1 Å². The molecule has 0 unspecified atom stereocenters. The molecule has 0 fully saturated rings. The van der Waals surface area contributed by atoms with Crippen LogP contribution in [-0.4, -0.2) is 16.6 Å². The van der Waals surface area contributed by atoms with Crippen LogP contribution in [0.3, 0.4) is 0 Å². The average molecular weight is 375 g/mol. The predicted molar refractivity (Wildman–Crippen MR) is 95.2 cm³/mol. The molecular formula is C17H8Cl2N2O2S. The number of anilines is 2. The highest BCUT2D eigenvalue weighted by Gasteiger charge is 2.33. The number of ketones is 2. The first-order valence-electron chi connectivity index (χ1n) is 6.96. The van der Waals surface area contributed by atoms with Crippen LogP contribution in [0.25, 0.3) is 0 Å². The number of nitrogens with zero attached hydrogens (tertiary/aromatic N) is 1. The molecule has 0 radical (unpaired) electrons. The summed E-state index contributed by atoms with van der Waals surface area (Å²) in [5.41, 5.74) is 1.58. The van der Waals surface area contributed by atoms with Crippen molar-refractivity contribution in [2.24, 2.45) is 0 Å². The first-order chi connectivity index (χ1) is 11.5. The zero-order chi connectivity index (χ0) is 16.8. The predicted octanol–water partition coefficient (Wildman–Crippen LogP) is 4.97. The second-order valence-electron chi connectivity index (χ2n) is 5.15. The van der Waals surface area contributed by atoms with E-state index >= 15 is 0 Å². The molecule has 1 aromatic heterocycles. The fourth-order valence-corrected chi connectivity index (χ4v) is 3.90. The zero-order valence-corrected chi connectivity index (χ0v) is 14.3. The minimum Gasteiger partial charge on any atom is -0.330 e. The lowest BCUT2D eigenvalue weighted by atomic mass is 9.91. The van der Waals surface area contributed by atoms with Gasteiger partial charge in [0.05, 0.1) is 10.7 Å². The maximum Gasteiger partial charge on any atom is 0.213 e. The van der Waals surface area contributed by atoms with Crippen LogP contribution in [0.15, 0.2) is 42.5 Å². The fraction of sp³-hybridized carbons (Fsp3) is 0. The van der Waals surface area contributed by atoms with Crippen LogP contribution < -0.4 is 5.32 Å². The van der Waals surface area contributed by atoms with E-state index in [-0.39, 0.29) is 17.3 Å². The van der Waals surface area contributed by atoms with Gasteiger partial charge in [0, 0.05) is 16.1 Å². The molecule has 24 heavy (non-hydrogen) atoms. The Morgan fingerprint density at radius 2 is 1.67 bits per heavy atom. The van der Waals surface area contributed by atoms with Crippen LogP contribution >= 0.6 is 34.5 Å². The Balaban J connectivity index is 1.75. The Morgan fingerprint density at radius 1 is 0.958 bits per heavy atom. The minimum atomic E-state index is -0.244. The number of rotatable bonds is 2. The molecule has 4 nitrogen and oxygen atoms in total. The number of hydrogen-bond donors (Lipinski definition) is 1. The molecule has 1 heterocycles. The lowest BCUT2D eigenvalue weighted by molar-refractivity contribution is 0.0979. The van der Waals surface area contributed by atoms with Crippen LogP contribution in [0.2, 0.25) is 10.0 Å². The summed E-state index contributed by atoms with van der Waals surface area (Å²) in [4.78, 5) is 29.8. The summed E-state index contributed by atoms with van der Waals surface area (Å²) in [6.45, 7) is 0. The summed E-state index contributed by atoms with van der Waals surface area (Å²) in [5, 5.41) is 4.41. The largest absolute Gasteiger partial charge is 0.330 e. The molecule has 3 aromatic rings. The van der Waals surface area contributed by atoms with Crippen molar-refractivity contribution in [2.45, 2.75) is 0 Å². The summed E-state index contributed by atoms with van der Waals surface area (Å²) >= 11 is 13.1. The quantitative estimate of drug-likeness (QED) is 0.538. The number of halogens is 2. The number of aromatic nitrogens is 1. The lowest BCUT2D eigenvalue weighted by Gasteiger charge is -2.11. The Kier molecular flexibility index (Phi) is 3.64. The van der Waals surface area contributed by atoms with Gasteiger partial charge in [-0.2, -0.15) is 0 Å². The second kappa shape index (κ2) is 5.70. The van der Waals surface area contributed by atoms with Crippen molar-refractivity contribution in [1.82, 2.24) is 4.98 Å². The van der Waals surface area contributed by atoms with Crippen LogP contribution in [-0.2, 0) is 0 Å². The van der Waals surface area contributed by atoms with Gasteiger partial charge in [-0.25, -0.2) is 4.98 Å². The highest BCUT2D eigenvalue weighted by atomic mass is 35.5. The van der Waals surface area contributed by atoms with Crippen molar-refractivity contribution in [3.63, 3.8) is 0 Å². The van der Waals surface area contributed by atoms with E-state index in [0.29, 0.717) is 36.9 Å². The molecule has 0 saturated carbocycles. The third kappa shape index (κ3) is 2.41. The number of carbonyl (C=O) groups excluding carboxylic acids is 2. The molecule has 0 aliphatic heterocycles. The van der Waals surface area contributed by atoms with Gasteiger partial charge >= 0.3 is 0 Å². The Bertz CT molecular complexity index is 961. The monoisotopic (exact) mass is 374 g/mol. The first kappa shape index (κ1) is 15.3. The summed E-state index contributed by atoms with van der Waals surface area (Å²) in [6.07, 6.45) is 0. The molecule has 2 aromatic carbocycles. The molecule has 0 bridgehead atoms. The standard InChI is InChI=1S/C17H8Cl2N2O2S/c18-8-5-6-12(11(19)7-8)20-17-21-13-14(22)9-3-1-2-4-10(9)15(23)16(13)24-17/h1-7H,(H,20,21). The van der Waals surface area contributed by atoms with E-state index in [2.05, 4.69) is 10.3 Å². The highest BCUT2D eigenvalue weighted by molar-refractivity contribution is 7.18. The fourth-order valence-electron chi connectivity index (χ4n) is 2.52. The number of nitrogens with one attached hydrogen (secondary N) is 1. The normalized spacial score (nSPS) is 12.8. The van der Waals surface area contributed by atoms with Crippen molar-refractivity contribution < 1.29 is 9.59 Å². The van der Waals surface area contributed by atoms with Gasteiger partial charge in [0.2, 0.25) is 11.6 Å². The van der Waals surface area contributed by atoms with Crippen molar-refractivity contribution in [3.8, 4) is 0 Å². The minimum absolute atomic E-state index is 0.177. The molecule has 0 amide bonds. The summed E-state index contributed by atoms with van der Waals surface area (Å²) in [6, 6.07) is 11.8. The van der Waals surface area contributed by atoms with Gasteiger partial charge in [0.1, 0.15) is 10.6 Å². The average Bonchev–Trinajstić information content (AvgIpc) is 3.00. The van der Waals surface area contributed by atoms with Gasteiger partial charge in [-0.15, -0.1) is 0 Å². The Labute approximate surface area is 151 Å². The van der Waals surface area contributed by atoms with E-state index in [9.17, 15) is 9.59 Å². The molecule has 0 saturated heterocycles. The summed E-state index contributed by atoms with van der Waals surface area (Å²) in [7, 11) is 0. The van der Waals surface area contributed by atoms with Crippen LogP contribution in [0.4, 0.5) is 10.8 Å². The molecule has 1 N–H and O–H groups in total. The van der Waals surface area contributed by atoms with Crippen molar-refractivity contribution >= 4 is 56.9 Å². The highest BCUT2D eigenvalue weighted by Crippen LogP contribution is 2.35. The summed E-state index contributed by atoms with van der Waals surface area (Å²) < 4.78 is 0. The van der Waals surface area contributed by atoms with E-state index in [1.165, 1.54) is 0 Å². The van der Waals surface area contributed by atoms with E-state index in [1.807, 2.05) is 0 Å². The molecule has 1 aliphatic rings. The van der Waals surface area contributed by atoms with Gasteiger partial charge < -0.3 is 5.32 Å². The van der Waals surface area contributed by atoms with Gasteiger partial charge in [-0.05, 0) is 18.2 Å². The Morgan fingerprint density at radius 3 is 2.38 bits per heavy atom. The van der Waals surface area contributed by atoms with Crippen molar-refractivity contribution in [1.29, 1.82) is 0 Å². The number of thiazole rings is 1. The molecule has 4 rings (SSSR count). The van der Waals surface area contributed by atoms with E-state index in [4.69, 9.17) is 23.2 Å². The van der Waals surface area contributed by atoms with Gasteiger partial charge in [0.15, 0.2) is 5.13 Å². The number of fused-ring (bicyclic) bond motifs is 2. The van der Waals surface area contributed by atoms with Gasteiger partial charge in [-0.3, -0.25) is 9.59 Å². The zero-order valence-electron chi connectivity index (χ0n) is 12.0. The number of hydrogen-bond acceptors (Lipinski definition) is 5. The molecule has 118 valence electrons. The van der Waals surface area contributed by atoms with E-state index in [1.54, 1.807) is 42.5 Å². The molecule has 0 spiro atoms. The number of carbonyl (C=O) groups is 2. The van der Waals surface area contributed by atoms with Crippen LogP contribution in [0, 0.1) is 0 Å². The third-order valence-corrected chi connectivity index (χ3v) is 5.15. The lowest BCUT2D eigenvalue weighted by Crippen LogP contribution is -2.19. The van der Waals surface area contributed by atoms with Gasteiger partial charge in [-0.1, -0.05) is 58.8 Å². The molecule has 7 heteroatoms. The maximum atomic E-state index is 12.6. The first-order valence-corrected chi connectivity index (χ1v) is 8.53. The molecular weight excluding hydrogens is 367 g/mol. The summed E-state index contributed by atoms with van der Waals surface area (Å²) in [5.74, 6) is -0.431. The van der Waals surface area contributed by atoms with Crippen LogP contribution in [0.1, 0.15) is 31.3 Å². The Hall–Kier alpha value is -2.21. The van der Waals surface area contributed by atoms with Crippen molar-refractivity contribution in [2.75, 3.05) is 5.32 Å². The van der Waals surface area contributed by atoms with E-state index in [0.717, 1.165) is 11.3 Å². The maximum absolute atomic E-state index is 12.6. The molecule has 0 atom stereocenters.